The fourth-order valence-corrected chi connectivity index (χ4v) is 4.84. The lowest BCUT2D eigenvalue weighted by molar-refractivity contribution is 0.0610. The predicted molar refractivity (Wildman–Crippen MR) is 114 cm³/mol. The van der Waals surface area contributed by atoms with Gasteiger partial charge in [0.2, 0.25) is 0 Å². The maximum atomic E-state index is 5.66. The molecule has 2 unspecified atom stereocenters. The van der Waals surface area contributed by atoms with Gasteiger partial charge in [0.15, 0.2) is 0 Å². The van der Waals surface area contributed by atoms with E-state index in [1.807, 2.05) is 7.11 Å². The zero-order valence-electron chi connectivity index (χ0n) is 18.0. The molecule has 0 radical (unpaired) electrons. The van der Waals surface area contributed by atoms with E-state index in [0.29, 0.717) is 24.2 Å². The maximum Gasteiger partial charge on any atom is 0.318 e. The largest absolute Gasteiger partial charge is 0.467 e. The van der Waals surface area contributed by atoms with Gasteiger partial charge in [0.25, 0.3) is 0 Å². The number of aromatic nitrogens is 2. The van der Waals surface area contributed by atoms with Crippen molar-refractivity contribution in [2.24, 2.45) is 0 Å². The molecule has 2 aliphatic heterocycles. The summed E-state index contributed by atoms with van der Waals surface area (Å²) in [5, 5.41) is 0. The fourth-order valence-electron chi connectivity index (χ4n) is 4.84. The zero-order chi connectivity index (χ0) is 20.4. The summed E-state index contributed by atoms with van der Waals surface area (Å²) in [4.78, 5) is 14.5. The molecule has 0 amide bonds. The van der Waals surface area contributed by atoms with Crippen molar-refractivity contribution in [3.05, 3.63) is 47.2 Å². The van der Waals surface area contributed by atoms with Crippen molar-refractivity contribution in [2.45, 2.75) is 64.4 Å². The highest BCUT2D eigenvalue weighted by Crippen LogP contribution is 2.35. The standard InChI is InChI=1S/C23H32N4O2/c1-16-12-19(28-3)13-17(2)27(16)22-20-15-26(14-18-8-6-5-7-9-18)11-10-21(20)24-23(25-22)29-4/h5-9,16-17,19H,10-15H2,1-4H3. The van der Waals surface area contributed by atoms with Crippen molar-refractivity contribution in [3.63, 3.8) is 0 Å². The van der Waals surface area contributed by atoms with Gasteiger partial charge in [0, 0.05) is 50.8 Å². The lowest BCUT2D eigenvalue weighted by Gasteiger charge is -2.44. The second-order valence-electron chi connectivity index (χ2n) is 8.34. The Kier molecular flexibility index (Phi) is 6.01. The first-order valence-corrected chi connectivity index (χ1v) is 10.6. The van der Waals surface area contributed by atoms with E-state index in [2.05, 4.69) is 54.0 Å². The first-order valence-electron chi connectivity index (χ1n) is 10.6. The fraction of sp³-hybridized carbons (Fsp3) is 0.565. The van der Waals surface area contributed by atoms with Crippen LogP contribution in [0.4, 0.5) is 5.82 Å². The van der Waals surface area contributed by atoms with Gasteiger partial charge in [-0.3, -0.25) is 4.90 Å². The lowest BCUT2D eigenvalue weighted by Crippen LogP contribution is -2.50. The molecule has 0 saturated carbocycles. The Bertz CT molecular complexity index is 817. The zero-order valence-corrected chi connectivity index (χ0v) is 18.0. The number of methoxy groups -OCH3 is 2. The van der Waals surface area contributed by atoms with Crippen LogP contribution in [0.25, 0.3) is 0 Å². The third-order valence-corrected chi connectivity index (χ3v) is 6.26. The van der Waals surface area contributed by atoms with E-state index in [0.717, 1.165) is 50.4 Å². The molecule has 1 fully saturated rings. The highest BCUT2D eigenvalue weighted by molar-refractivity contribution is 5.53. The molecule has 2 aliphatic rings. The summed E-state index contributed by atoms with van der Waals surface area (Å²) in [6.07, 6.45) is 3.25. The van der Waals surface area contributed by atoms with Gasteiger partial charge >= 0.3 is 6.01 Å². The minimum atomic E-state index is 0.311. The second kappa shape index (κ2) is 8.67. The van der Waals surface area contributed by atoms with Crippen LogP contribution in [0, 0.1) is 0 Å². The smallest absolute Gasteiger partial charge is 0.318 e. The SMILES string of the molecule is COc1nc2c(c(N3C(C)CC(OC)CC3C)n1)CN(Cc1ccccc1)CC2. The van der Waals surface area contributed by atoms with Gasteiger partial charge in [0.05, 0.1) is 18.9 Å². The second-order valence-corrected chi connectivity index (χ2v) is 8.34. The number of benzene rings is 1. The predicted octanol–water partition coefficient (Wildman–Crippen LogP) is 3.44. The van der Waals surface area contributed by atoms with Crippen molar-refractivity contribution in [1.82, 2.24) is 14.9 Å². The Morgan fingerprint density at radius 3 is 2.41 bits per heavy atom. The van der Waals surface area contributed by atoms with Crippen LogP contribution in [0.5, 0.6) is 6.01 Å². The van der Waals surface area contributed by atoms with Crippen LogP contribution in [0.3, 0.4) is 0 Å². The molecule has 0 spiro atoms. The molecule has 1 aromatic heterocycles. The highest BCUT2D eigenvalue weighted by atomic mass is 16.5. The number of fused-ring (bicyclic) bond motifs is 1. The molecule has 1 saturated heterocycles. The quantitative estimate of drug-likeness (QED) is 0.772. The minimum Gasteiger partial charge on any atom is -0.467 e. The number of ether oxygens (including phenoxy) is 2. The van der Waals surface area contributed by atoms with Crippen molar-refractivity contribution < 1.29 is 9.47 Å². The Hall–Kier alpha value is -2.18. The first kappa shape index (κ1) is 20.1. The molecule has 29 heavy (non-hydrogen) atoms. The molecule has 4 rings (SSSR count). The van der Waals surface area contributed by atoms with Gasteiger partial charge in [-0.15, -0.1) is 0 Å². The molecule has 2 aromatic rings. The average molecular weight is 397 g/mol. The topological polar surface area (TPSA) is 50.7 Å². The number of nitrogens with zero attached hydrogens (tertiary/aromatic N) is 4. The summed E-state index contributed by atoms with van der Waals surface area (Å²) in [5.41, 5.74) is 3.72. The molecule has 2 atom stereocenters. The van der Waals surface area contributed by atoms with Gasteiger partial charge < -0.3 is 14.4 Å². The molecular formula is C23H32N4O2. The van der Waals surface area contributed by atoms with Crippen LogP contribution in [0.1, 0.15) is 43.5 Å². The number of anilines is 1. The summed E-state index contributed by atoms with van der Waals surface area (Å²) in [5.74, 6) is 1.04. The summed E-state index contributed by atoms with van der Waals surface area (Å²) in [7, 11) is 3.47. The minimum absolute atomic E-state index is 0.311. The Labute approximate surface area is 173 Å². The number of hydrogen-bond donors (Lipinski definition) is 0. The Balaban J connectivity index is 1.64. The third kappa shape index (κ3) is 4.23. The first-order chi connectivity index (χ1) is 14.1. The van der Waals surface area contributed by atoms with Gasteiger partial charge in [-0.1, -0.05) is 30.3 Å². The molecule has 6 nitrogen and oxygen atoms in total. The molecule has 0 aliphatic carbocycles. The van der Waals surface area contributed by atoms with E-state index in [1.54, 1.807) is 7.11 Å². The molecule has 1 aromatic carbocycles. The Morgan fingerprint density at radius 2 is 1.76 bits per heavy atom. The lowest BCUT2D eigenvalue weighted by atomic mass is 9.93. The summed E-state index contributed by atoms with van der Waals surface area (Å²) in [6, 6.07) is 11.9. The van der Waals surface area contributed by atoms with Crippen LogP contribution in [0.2, 0.25) is 0 Å². The van der Waals surface area contributed by atoms with Crippen molar-refractivity contribution >= 4 is 5.82 Å². The van der Waals surface area contributed by atoms with E-state index in [9.17, 15) is 0 Å². The van der Waals surface area contributed by atoms with Crippen molar-refractivity contribution in [3.8, 4) is 6.01 Å². The van der Waals surface area contributed by atoms with E-state index >= 15 is 0 Å². The van der Waals surface area contributed by atoms with E-state index < -0.39 is 0 Å². The molecule has 0 N–H and O–H groups in total. The summed E-state index contributed by atoms with van der Waals surface area (Å²) >= 11 is 0. The molecular weight excluding hydrogens is 364 g/mol. The van der Waals surface area contributed by atoms with Gasteiger partial charge in [-0.25, -0.2) is 0 Å². The van der Waals surface area contributed by atoms with E-state index in [4.69, 9.17) is 19.4 Å². The number of hydrogen-bond acceptors (Lipinski definition) is 6. The van der Waals surface area contributed by atoms with Crippen LogP contribution < -0.4 is 9.64 Å². The number of piperidine rings is 1. The van der Waals surface area contributed by atoms with Crippen molar-refractivity contribution in [2.75, 3.05) is 25.7 Å². The van der Waals surface area contributed by atoms with Crippen LogP contribution in [0.15, 0.2) is 30.3 Å². The van der Waals surface area contributed by atoms with Gasteiger partial charge in [-0.05, 0) is 32.3 Å². The molecule has 6 heteroatoms. The van der Waals surface area contributed by atoms with Gasteiger partial charge in [0.1, 0.15) is 5.82 Å². The van der Waals surface area contributed by atoms with Crippen molar-refractivity contribution in [1.29, 1.82) is 0 Å². The van der Waals surface area contributed by atoms with E-state index in [1.165, 1.54) is 11.1 Å². The van der Waals surface area contributed by atoms with Crippen LogP contribution in [-0.4, -0.2) is 53.8 Å². The van der Waals surface area contributed by atoms with Crippen LogP contribution >= 0.6 is 0 Å². The maximum absolute atomic E-state index is 5.66. The molecule has 156 valence electrons. The third-order valence-electron chi connectivity index (χ3n) is 6.26. The Morgan fingerprint density at radius 1 is 1.03 bits per heavy atom. The average Bonchev–Trinajstić information content (AvgIpc) is 2.73. The number of rotatable bonds is 5. The van der Waals surface area contributed by atoms with Gasteiger partial charge in [-0.2, -0.15) is 9.97 Å². The van der Waals surface area contributed by atoms with Crippen LogP contribution in [-0.2, 0) is 24.2 Å². The normalized spacial score (nSPS) is 25.0. The molecule has 3 heterocycles. The monoisotopic (exact) mass is 396 g/mol. The summed E-state index contributed by atoms with van der Waals surface area (Å²) < 4.78 is 11.1. The molecule has 0 bridgehead atoms. The summed E-state index contributed by atoms with van der Waals surface area (Å²) in [6.45, 7) is 7.36. The van der Waals surface area contributed by atoms with E-state index in [-0.39, 0.29) is 0 Å². The highest BCUT2D eigenvalue weighted by Gasteiger charge is 2.35.